The normalized spacial score (nSPS) is 17.4. The van der Waals surface area contributed by atoms with Crippen molar-refractivity contribution in [3.05, 3.63) is 53.9 Å². The molecule has 0 bridgehead atoms. The summed E-state index contributed by atoms with van der Waals surface area (Å²) in [4.78, 5) is 16.9. The number of amides is 1. The quantitative estimate of drug-likeness (QED) is 0.543. The van der Waals surface area contributed by atoms with E-state index < -0.39 is 0 Å². The highest BCUT2D eigenvalue weighted by molar-refractivity contribution is 5.61. The maximum absolute atomic E-state index is 11.0. The fourth-order valence-electron chi connectivity index (χ4n) is 2.96. The second-order valence-electron chi connectivity index (χ2n) is 5.86. The molecule has 3 heterocycles. The summed E-state index contributed by atoms with van der Waals surface area (Å²) >= 11 is 0. The van der Waals surface area contributed by atoms with E-state index >= 15 is 0 Å². The molecule has 1 aliphatic heterocycles. The van der Waals surface area contributed by atoms with Gasteiger partial charge in [0.25, 0.3) is 0 Å². The predicted octanol–water partition coefficient (Wildman–Crippen LogP) is 1.91. The zero-order chi connectivity index (χ0) is 17.2. The molecule has 25 heavy (non-hydrogen) atoms. The van der Waals surface area contributed by atoms with E-state index in [4.69, 9.17) is 11.2 Å². The van der Waals surface area contributed by atoms with Gasteiger partial charge in [-0.15, -0.1) is 6.42 Å². The van der Waals surface area contributed by atoms with E-state index in [0.29, 0.717) is 25.4 Å². The number of fused-ring (bicyclic) bond motifs is 1. The first kappa shape index (κ1) is 15.4. The minimum Gasteiger partial charge on any atom is -0.370 e. The van der Waals surface area contributed by atoms with Gasteiger partial charge < -0.3 is 9.64 Å². The lowest BCUT2D eigenvalue weighted by Gasteiger charge is -2.30. The van der Waals surface area contributed by atoms with Crippen LogP contribution < -0.4 is 0 Å². The average molecular weight is 332 g/mol. The Morgan fingerprint density at radius 2 is 2.08 bits per heavy atom. The highest BCUT2D eigenvalue weighted by Crippen LogP contribution is 2.25. The van der Waals surface area contributed by atoms with Crippen LogP contribution in [0.15, 0.2) is 42.6 Å². The third kappa shape index (κ3) is 2.86. The van der Waals surface area contributed by atoms with Crippen molar-refractivity contribution in [1.29, 1.82) is 0 Å². The summed E-state index contributed by atoms with van der Waals surface area (Å²) in [6.45, 7) is 1.77. The number of ether oxygens (including phenoxy) is 1. The Morgan fingerprint density at radius 1 is 1.24 bits per heavy atom. The number of carbonyl (C=O) groups excluding carboxylic acids is 1. The van der Waals surface area contributed by atoms with Crippen molar-refractivity contribution in [2.45, 2.75) is 6.10 Å². The second-order valence-corrected chi connectivity index (χ2v) is 5.86. The molecule has 2 aromatic heterocycles. The number of morpholine rings is 1. The Balaban J connectivity index is 1.62. The van der Waals surface area contributed by atoms with Gasteiger partial charge in [0.2, 0.25) is 6.41 Å². The second kappa shape index (κ2) is 6.38. The molecule has 0 radical (unpaired) electrons. The first-order valence-electron chi connectivity index (χ1n) is 8.01. The van der Waals surface area contributed by atoms with E-state index in [-0.39, 0.29) is 6.10 Å². The van der Waals surface area contributed by atoms with Crippen LogP contribution in [0.4, 0.5) is 0 Å². The molecule has 0 spiro atoms. The third-order valence-electron chi connectivity index (χ3n) is 4.34. The van der Waals surface area contributed by atoms with Crippen molar-refractivity contribution < 1.29 is 9.53 Å². The zero-order valence-electron chi connectivity index (χ0n) is 13.5. The smallest absolute Gasteiger partial charge is 0.209 e. The van der Waals surface area contributed by atoms with Crippen LogP contribution in [-0.4, -0.2) is 45.6 Å². The van der Waals surface area contributed by atoms with Crippen LogP contribution in [0.25, 0.3) is 16.9 Å². The molecule has 0 saturated carbocycles. The molecule has 1 fully saturated rings. The van der Waals surface area contributed by atoms with E-state index in [0.717, 1.165) is 28.9 Å². The Morgan fingerprint density at radius 3 is 2.84 bits per heavy atom. The van der Waals surface area contributed by atoms with Crippen LogP contribution in [0.2, 0.25) is 0 Å². The van der Waals surface area contributed by atoms with Crippen LogP contribution in [0.1, 0.15) is 17.4 Å². The fraction of sp³-hybridized carbons (Fsp3) is 0.211. The molecule has 0 N–H and O–H groups in total. The minimum absolute atomic E-state index is 0.0925. The Bertz CT molecular complexity index is 956. The van der Waals surface area contributed by atoms with Gasteiger partial charge in [-0.2, -0.15) is 5.10 Å². The summed E-state index contributed by atoms with van der Waals surface area (Å²) < 4.78 is 7.43. The molecule has 1 aliphatic rings. The molecule has 6 heteroatoms. The third-order valence-corrected chi connectivity index (χ3v) is 4.34. The van der Waals surface area contributed by atoms with Crippen molar-refractivity contribution >= 4 is 12.1 Å². The van der Waals surface area contributed by atoms with Gasteiger partial charge in [-0.3, -0.25) is 4.79 Å². The maximum atomic E-state index is 11.0. The monoisotopic (exact) mass is 332 g/mol. The van der Waals surface area contributed by atoms with Gasteiger partial charge in [0.05, 0.1) is 25.0 Å². The summed E-state index contributed by atoms with van der Waals surface area (Å²) in [7, 11) is 0. The number of terminal acetylenes is 1. The molecular weight excluding hydrogens is 316 g/mol. The van der Waals surface area contributed by atoms with Crippen LogP contribution in [0.5, 0.6) is 0 Å². The highest BCUT2D eigenvalue weighted by atomic mass is 16.5. The maximum Gasteiger partial charge on any atom is 0.209 e. The molecule has 1 aromatic carbocycles. The van der Waals surface area contributed by atoms with Crippen molar-refractivity contribution in [2.75, 3.05) is 19.7 Å². The van der Waals surface area contributed by atoms with Crippen molar-refractivity contribution in [2.24, 2.45) is 0 Å². The molecule has 0 aliphatic carbocycles. The molecule has 1 unspecified atom stereocenters. The molecule has 6 nitrogen and oxygen atoms in total. The lowest BCUT2D eigenvalue weighted by molar-refractivity contribution is -0.125. The number of benzene rings is 1. The molecule has 1 amide bonds. The molecule has 4 rings (SSSR count). The Kier molecular flexibility index (Phi) is 3.92. The lowest BCUT2D eigenvalue weighted by Crippen LogP contribution is -2.37. The highest BCUT2D eigenvalue weighted by Gasteiger charge is 2.20. The number of hydrogen-bond acceptors (Lipinski definition) is 4. The van der Waals surface area contributed by atoms with E-state index in [1.807, 2.05) is 36.4 Å². The van der Waals surface area contributed by atoms with E-state index in [1.165, 1.54) is 0 Å². The Labute approximate surface area is 145 Å². The molecule has 1 atom stereocenters. The minimum atomic E-state index is -0.0925. The number of carbonyl (C=O) groups is 1. The van der Waals surface area contributed by atoms with E-state index in [2.05, 4.69) is 16.0 Å². The van der Waals surface area contributed by atoms with Gasteiger partial charge in [-0.25, -0.2) is 9.50 Å². The van der Waals surface area contributed by atoms with Crippen molar-refractivity contribution in [3.8, 4) is 23.6 Å². The van der Waals surface area contributed by atoms with Crippen molar-refractivity contribution in [3.63, 3.8) is 0 Å². The van der Waals surface area contributed by atoms with Gasteiger partial charge >= 0.3 is 0 Å². The summed E-state index contributed by atoms with van der Waals surface area (Å²) in [5.74, 6) is 2.58. The largest absolute Gasteiger partial charge is 0.370 e. The van der Waals surface area contributed by atoms with E-state index in [9.17, 15) is 4.79 Å². The predicted molar refractivity (Wildman–Crippen MR) is 92.7 cm³/mol. The number of imidazole rings is 1. The number of rotatable bonds is 3. The fourth-order valence-corrected chi connectivity index (χ4v) is 2.96. The van der Waals surface area contributed by atoms with Gasteiger partial charge in [0, 0.05) is 12.1 Å². The summed E-state index contributed by atoms with van der Waals surface area (Å²) in [6.07, 6.45) is 7.89. The number of aromatic nitrogens is 3. The number of hydrogen-bond donors (Lipinski definition) is 0. The topological polar surface area (TPSA) is 59.7 Å². The van der Waals surface area contributed by atoms with E-state index in [1.54, 1.807) is 15.6 Å². The Hall–Kier alpha value is -3.17. The van der Waals surface area contributed by atoms with Gasteiger partial charge in [0.15, 0.2) is 5.65 Å². The molecule has 1 saturated heterocycles. The lowest BCUT2D eigenvalue weighted by atomic mass is 10.0. The molecular formula is C19H16N4O2. The van der Waals surface area contributed by atoms with Crippen molar-refractivity contribution in [1.82, 2.24) is 19.5 Å². The zero-order valence-corrected chi connectivity index (χ0v) is 13.5. The summed E-state index contributed by atoms with van der Waals surface area (Å²) in [5, 5.41) is 4.57. The summed E-state index contributed by atoms with van der Waals surface area (Å²) in [5.41, 5.74) is 4.18. The van der Waals surface area contributed by atoms with Gasteiger partial charge in [-0.05, 0) is 23.6 Å². The van der Waals surface area contributed by atoms with Gasteiger partial charge in [-0.1, -0.05) is 24.3 Å². The number of nitrogens with zero attached hydrogens (tertiary/aromatic N) is 4. The van der Waals surface area contributed by atoms with Crippen LogP contribution in [0, 0.1) is 12.3 Å². The van der Waals surface area contributed by atoms with Crippen LogP contribution in [0.3, 0.4) is 0 Å². The van der Waals surface area contributed by atoms with Gasteiger partial charge in [0.1, 0.15) is 11.8 Å². The first-order valence-corrected chi connectivity index (χ1v) is 8.01. The van der Waals surface area contributed by atoms with Crippen LogP contribution in [-0.2, 0) is 9.53 Å². The first-order chi connectivity index (χ1) is 12.3. The average Bonchev–Trinajstić information content (AvgIpc) is 3.10. The summed E-state index contributed by atoms with van der Waals surface area (Å²) in [6, 6.07) is 11.8. The molecule has 124 valence electrons. The standard InChI is InChI=1S/C19H16N4O2/c1-2-16-11-20-19-8-7-17(21-23(16)19)14-3-5-15(6-4-14)18-12-22(13-24)9-10-25-18/h1,3-8,11,13,18H,9-10,12H2. The van der Waals surface area contributed by atoms with Crippen LogP contribution >= 0.6 is 0 Å². The molecule has 3 aromatic rings. The SMILES string of the molecule is C#Cc1cnc2ccc(-c3ccc(C4CN(C=O)CCO4)cc3)nn12.